The molecule has 0 aliphatic carbocycles. The quantitative estimate of drug-likeness (QED) is 0.206. The van der Waals surface area contributed by atoms with Crippen molar-refractivity contribution in [2.75, 3.05) is 36.5 Å². The van der Waals surface area contributed by atoms with Crippen LogP contribution in [0.1, 0.15) is 15.9 Å². The number of morpholine rings is 1. The van der Waals surface area contributed by atoms with Gasteiger partial charge in [-0.05, 0) is 67.2 Å². The summed E-state index contributed by atoms with van der Waals surface area (Å²) in [7, 11) is 0. The van der Waals surface area contributed by atoms with Gasteiger partial charge in [0, 0.05) is 36.0 Å². The molecule has 3 aromatic carbocycles. The molecule has 0 atom stereocenters. The van der Waals surface area contributed by atoms with Gasteiger partial charge < -0.3 is 15.0 Å². The van der Waals surface area contributed by atoms with Crippen LogP contribution in [-0.2, 0) is 4.74 Å². The Bertz CT molecular complexity index is 1480. The van der Waals surface area contributed by atoms with Gasteiger partial charge in [-0.15, -0.1) is 11.3 Å². The van der Waals surface area contributed by atoms with Gasteiger partial charge in [0.25, 0.3) is 11.6 Å². The fourth-order valence-corrected chi connectivity index (χ4v) is 5.31. The minimum Gasteiger partial charge on any atom is -0.378 e. The van der Waals surface area contributed by atoms with Crippen LogP contribution in [0, 0.1) is 17.0 Å². The molecule has 1 saturated heterocycles. The Balaban J connectivity index is 1.27. The van der Waals surface area contributed by atoms with Crippen molar-refractivity contribution in [3.63, 3.8) is 0 Å². The molecule has 0 saturated carbocycles. The van der Waals surface area contributed by atoms with E-state index < -0.39 is 10.8 Å². The fraction of sp³-hybridized carbons (Fsp3) is 0.192. The maximum absolute atomic E-state index is 12.8. The molecule has 2 N–H and O–H groups in total. The first kappa shape index (κ1) is 24.8. The molecule has 188 valence electrons. The number of rotatable bonds is 5. The second-order valence-electron chi connectivity index (χ2n) is 8.48. The van der Waals surface area contributed by atoms with E-state index in [2.05, 4.69) is 10.6 Å². The Morgan fingerprint density at radius 2 is 1.92 bits per heavy atom. The number of amides is 1. The molecular formula is C26H23N5O4S2. The lowest BCUT2D eigenvalue weighted by Gasteiger charge is -2.28. The normalized spacial score (nSPS) is 13.4. The molecule has 1 aliphatic heterocycles. The number of hydrogen-bond donors (Lipinski definition) is 2. The summed E-state index contributed by atoms with van der Waals surface area (Å²) in [5, 5.41) is 18.4. The smallest absolute Gasteiger partial charge is 0.293 e. The molecule has 0 unspecified atom stereocenters. The number of carbonyl (C=O) groups excluding carboxylic acids is 1. The van der Waals surface area contributed by atoms with Gasteiger partial charge >= 0.3 is 0 Å². The number of aryl methyl sites for hydroxylation is 1. The molecular weight excluding hydrogens is 510 g/mol. The van der Waals surface area contributed by atoms with Crippen molar-refractivity contribution < 1.29 is 14.5 Å². The first-order valence-electron chi connectivity index (χ1n) is 11.6. The molecule has 0 spiro atoms. The van der Waals surface area contributed by atoms with Gasteiger partial charge in [-0.3, -0.25) is 20.2 Å². The predicted molar refractivity (Wildman–Crippen MR) is 150 cm³/mol. The summed E-state index contributed by atoms with van der Waals surface area (Å²) in [6.07, 6.45) is 0. The highest BCUT2D eigenvalue weighted by molar-refractivity contribution is 7.80. The SMILES string of the molecule is Cc1cc(-c2nc3ccccc3s2)ccc1NC(=S)NC(=O)c1ccc(N2CCOCC2)c([N+](=O)[O-])c1. The Labute approximate surface area is 222 Å². The number of anilines is 2. The van der Waals surface area contributed by atoms with Gasteiger partial charge in [0.1, 0.15) is 10.7 Å². The van der Waals surface area contributed by atoms with E-state index in [0.717, 1.165) is 32.0 Å². The maximum atomic E-state index is 12.8. The van der Waals surface area contributed by atoms with E-state index in [9.17, 15) is 14.9 Å². The van der Waals surface area contributed by atoms with E-state index >= 15 is 0 Å². The molecule has 2 heterocycles. The Morgan fingerprint density at radius 3 is 2.65 bits per heavy atom. The minimum atomic E-state index is -0.530. The van der Waals surface area contributed by atoms with Gasteiger partial charge in [0.15, 0.2) is 5.11 Å². The second-order valence-corrected chi connectivity index (χ2v) is 9.92. The molecule has 0 radical (unpaired) electrons. The zero-order valence-electron chi connectivity index (χ0n) is 19.9. The molecule has 37 heavy (non-hydrogen) atoms. The number of aromatic nitrogens is 1. The fourth-order valence-electron chi connectivity index (χ4n) is 4.14. The Hall–Kier alpha value is -3.93. The average molecular weight is 534 g/mol. The Morgan fingerprint density at radius 1 is 1.14 bits per heavy atom. The number of thiocarbonyl (C=S) groups is 1. The van der Waals surface area contributed by atoms with Crippen LogP contribution < -0.4 is 15.5 Å². The number of hydrogen-bond acceptors (Lipinski definition) is 8. The number of thiazole rings is 1. The molecule has 1 amide bonds. The van der Waals surface area contributed by atoms with Crippen molar-refractivity contribution in [2.45, 2.75) is 6.92 Å². The lowest BCUT2D eigenvalue weighted by molar-refractivity contribution is -0.384. The van der Waals surface area contributed by atoms with Crippen LogP contribution in [0.2, 0.25) is 0 Å². The predicted octanol–water partition coefficient (Wildman–Crippen LogP) is 5.14. The van der Waals surface area contributed by atoms with E-state index in [1.165, 1.54) is 6.07 Å². The number of ether oxygens (including phenoxy) is 1. The number of nitrogens with zero attached hydrogens (tertiary/aromatic N) is 3. The summed E-state index contributed by atoms with van der Waals surface area (Å²) in [5.74, 6) is -0.530. The molecule has 11 heteroatoms. The van der Waals surface area contributed by atoms with Gasteiger partial charge in [-0.1, -0.05) is 12.1 Å². The standard InChI is InChI=1S/C26H23N5O4S2/c1-16-14-18(25-27-20-4-2-3-5-23(20)37-25)6-8-19(16)28-26(36)29-24(32)17-7-9-21(22(15-17)31(33)34)30-10-12-35-13-11-30/h2-9,14-15H,10-13H2,1H3,(H2,28,29,32,36). The van der Waals surface area contributed by atoms with Gasteiger partial charge in [-0.2, -0.15) is 0 Å². The number of nitrogens with one attached hydrogen (secondary N) is 2. The third-order valence-corrected chi connectivity index (χ3v) is 7.32. The zero-order chi connectivity index (χ0) is 25.9. The second kappa shape index (κ2) is 10.6. The number of benzene rings is 3. The number of nitro benzene ring substituents is 1. The summed E-state index contributed by atoms with van der Waals surface area (Å²) < 4.78 is 6.45. The first-order valence-corrected chi connectivity index (χ1v) is 12.8. The van der Waals surface area contributed by atoms with Crippen molar-refractivity contribution >= 4 is 61.9 Å². The van der Waals surface area contributed by atoms with Crippen LogP contribution in [0.4, 0.5) is 17.1 Å². The summed E-state index contributed by atoms with van der Waals surface area (Å²) in [6, 6.07) is 18.3. The van der Waals surface area contributed by atoms with E-state index in [1.807, 2.05) is 54.3 Å². The third kappa shape index (κ3) is 5.43. The highest BCUT2D eigenvalue weighted by Gasteiger charge is 2.23. The van der Waals surface area contributed by atoms with Crippen molar-refractivity contribution in [1.82, 2.24) is 10.3 Å². The van der Waals surface area contributed by atoms with Gasteiger partial charge in [0.05, 0.1) is 28.4 Å². The summed E-state index contributed by atoms with van der Waals surface area (Å²) in [6.45, 7) is 4.05. The van der Waals surface area contributed by atoms with Gasteiger partial charge in [-0.25, -0.2) is 4.98 Å². The van der Waals surface area contributed by atoms with Crippen LogP contribution in [-0.4, -0.2) is 47.2 Å². The largest absolute Gasteiger partial charge is 0.378 e. The Kier molecular flexibility index (Phi) is 7.08. The minimum absolute atomic E-state index is 0.0979. The zero-order valence-corrected chi connectivity index (χ0v) is 21.5. The highest BCUT2D eigenvalue weighted by Crippen LogP contribution is 2.32. The number of nitro groups is 1. The van der Waals surface area contributed by atoms with Crippen LogP contribution in [0.15, 0.2) is 60.7 Å². The average Bonchev–Trinajstić information content (AvgIpc) is 3.34. The van der Waals surface area contributed by atoms with Crippen molar-refractivity contribution in [2.24, 2.45) is 0 Å². The number of fused-ring (bicyclic) bond motifs is 1. The number of carbonyl (C=O) groups is 1. The highest BCUT2D eigenvalue weighted by atomic mass is 32.1. The molecule has 1 aliphatic rings. The molecule has 1 aromatic heterocycles. The van der Waals surface area contributed by atoms with E-state index in [0.29, 0.717) is 32.0 Å². The topological polar surface area (TPSA) is 110 Å². The summed E-state index contributed by atoms with van der Waals surface area (Å²) in [5.41, 5.74) is 4.11. The maximum Gasteiger partial charge on any atom is 0.293 e. The van der Waals surface area contributed by atoms with E-state index in [-0.39, 0.29) is 16.4 Å². The lowest BCUT2D eigenvalue weighted by atomic mass is 10.1. The first-order chi connectivity index (χ1) is 17.9. The molecule has 5 rings (SSSR count). The number of para-hydroxylation sites is 1. The molecule has 9 nitrogen and oxygen atoms in total. The lowest BCUT2D eigenvalue weighted by Crippen LogP contribution is -2.37. The van der Waals surface area contributed by atoms with E-state index in [4.69, 9.17) is 21.9 Å². The molecule has 0 bridgehead atoms. The van der Waals surface area contributed by atoms with Gasteiger partial charge in [0.2, 0.25) is 0 Å². The third-order valence-electron chi connectivity index (χ3n) is 6.03. The molecule has 4 aromatic rings. The molecule has 1 fully saturated rings. The van der Waals surface area contributed by atoms with Crippen LogP contribution >= 0.6 is 23.6 Å². The summed E-state index contributed by atoms with van der Waals surface area (Å²) >= 11 is 6.97. The van der Waals surface area contributed by atoms with Crippen LogP contribution in [0.25, 0.3) is 20.8 Å². The summed E-state index contributed by atoms with van der Waals surface area (Å²) in [4.78, 5) is 30.6. The van der Waals surface area contributed by atoms with Crippen molar-refractivity contribution in [3.05, 3.63) is 81.9 Å². The van der Waals surface area contributed by atoms with E-state index in [1.54, 1.807) is 23.5 Å². The van der Waals surface area contributed by atoms with Crippen molar-refractivity contribution in [1.29, 1.82) is 0 Å². The van der Waals surface area contributed by atoms with Crippen LogP contribution in [0.3, 0.4) is 0 Å². The van der Waals surface area contributed by atoms with Crippen LogP contribution in [0.5, 0.6) is 0 Å². The monoisotopic (exact) mass is 533 g/mol. The van der Waals surface area contributed by atoms with Crippen molar-refractivity contribution in [3.8, 4) is 10.6 Å².